The van der Waals surface area contributed by atoms with Gasteiger partial charge in [-0.2, -0.15) is 0 Å². The van der Waals surface area contributed by atoms with Crippen LogP contribution in [0.3, 0.4) is 0 Å². The molecule has 0 radical (unpaired) electrons. The second-order valence-corrected chi connectivity index (χ2v) is 7.42. The second-order valence-electron chi connectivity index (χ2n) is 6.98. The van der Waals surface area contributed by atoms with Crippen LogP contribution in [0.15, 0.2) is 78.9 Å². The van der Waals surface area contributed by atoms with Gasteiger partial charge in [-0.1, -0.05) is 41.9 Å². The third-order valence-corrected chi connectivity index (χ3v) is 4.99. The molecule has 0 spiro atoms. The Balaban J connectivity index is 1.68. The van der Waals surface area contributed by atoms with Crippen molar-refractivity contribution >= 4 is 29.3 Å². The van der Waals surface area contributed by atoms with Gasteiger partial charge < -0.3 is 14.8 Å². The Morgan fingerprint density at radius 3 is 2.12 bits per heavy atom. The lowest BCUT2D eigenvalue weighted by Gasteiger charge is -2.18. The van der Waals surface area contributed by atoms with Crippen LogP contribution >= 0.6 is 11.6 Å². The van der Waals surface area contributed by atoms with Crippen LogP contribution in [0.25, 0.3) is 0 Å². The molecule has 0 saturated heterocycles. The van der Waals surface area contributed by atoms with Crippen LogP contribution in [-0.4, -0.2) is 37.4 Å². The van der Waals surface area contributed by atoms with E-state index in [0.29, 0.717) is 21.9 Å². The molecule has 3 aromatic carbocycles. The van der Waals surface area contributed by atoms with Crippen LogP contribution in [0.5, 0.6) is 5.75 Å². The predicted molar refractivity (Wildman–Crippen MR) is 121 cm³/mol. The normalized spacial score (nSPS) is 11.3. The predicted octanol–water partition coefficient (Wildman–Crippen LogP) is 4.12. The van der Waals surface area contributed by atoms with Crippen molar-refractivity contribution in [3.63, 3.8) is 0 Å². The summed E-state index contributed by atoms with van der Waals surface area (Å²) in [6.07, 6.45) is 0.218. The number of ketones is 1. The van der Waals surface area contributed by atoms with E-state index in [1.807, 2.05) is 30.3 Å². The van der Waals surface area contributed by atoms with Crippen molar-refractivity contribution in [2.45, 2.75) is 12.5 Å². The Hall–Kier alpha value is -3.64. The van der Waals surface area contributed by atoms with E-state index < -0.39 is 24.5 Å². The molecular weight excluding hydrogens is 430 g/mol. The average Bonchev–Trinajstić information content (AvgIpc) is 2.83. The van der Waals surface area contributed by atoms with Gasteiger partial charge in [-0.15, -0.1) is 0 Å². The molecule has 6 nitrogen and oxygen atoms in total. The number of Topliss-reactive ketones (excluding diaryl/α,β-unsaturated/α-hetero) is 1. The Bertz CT molecular complexity index is 1070. The molecule has 0 aliphatic carbocycles. The SMILES string of the molecule is COc1ccc(C(=O)COC(=O)[C@@H](Cc2ccccc2)NC(=O)c2ccc(Cl)cc2)cc1. The van der Waals surface area contributed by atoms with Crippen molar-refractivity contribution in [3.8, 4) is 5.75 Å². The van der Waals surface area contributed by atoms with Crippen LogP contribution in [0.4, 0.5) is 0 Å². The lowest BCUT2D eigenvalue weighted by Crippen LogP contribution is -2.43. The molecule has 1 atom stereocenters. The van der Waals surface area contributed by atoms with Gasteiger partial charge in [0, 0.05) is 22.6 Å². The van der Waals surface area contributed by atoms with Crippen molar-refractivity contribution in [2.24, 2.45) is 0 Å². The molecule has 1 N–H and O–H groups in total. The smallest absolute Gasteiger partial charge is 0.329 e. The fraction of sp³-hybridized carbons (Fsp3) is 0.160. The summed E-state index contributed by atoms with van der Waals surface area (Å²) in [5.41, 5.74) is 1.59. The summed E-state index contributed by atoms with van der Waals surface area (Å²) < 4.78 is 10.3. The van der Waals surface area contributed by atoms with Gasteiger partial charge in [-0.05, 0) is 54.1 Å². The number of hydrogen-bond acceptors (Lipinski definition) is 5. The summed E-state index contributed by atoms with van der Waals surface area (Å²) in [6, 6.07) is 21.1. The maximum absolute atomic E-state index is 12.8. The molecule has 3 aromatic rings. The monoisotopic (exact) mass is 451 g/mol. The third kappa shape index (κ3) is 6.43. The Labute approximate surface area is 191 Å². The lowest BCUT2D eigenvalue weighted by molar-refractivity contribution is -0.144. The maximum Gasteiger partial charge on any atom is 0.329 e. The standard InChI is InChI=1S/C25H22ClNO5/c1-31-21-13-9-18(10-14-21)23(28)16-32-25(30)22(15-17-5-3-2-4-6-17)27-24(29)19-7-11-20(26)12-8-19/h2-14,22H,15-16H2,1H3,(H,27,29)/t22-/m1/s1. The van der Waals surface area contributed by atoms with E-state index in [1.165, 1.54) is 7.11 Å². The van der Waals surface area contributed by atoms with E-state index in [-0.39, 0.29) is 12.2 Å². The number of nitrogens with one attached hydrogen (secondary N) is 1. The van der Waals surface area contributed by atoms with Crippen LogP contribution in [0.1, 0.15) is 26.3 Å². The number of ether oxygens (including phenoxy) is 2. The summed E-state index contributed by atoms with van der Waals surface area (Å²) in [6.45, 7) is -0.437. The van der Waals surface area contributed by atoms with Gasteiger partial charge in [-0.3, -0.25) is 9.59 Å². The minimum atomic E-state index is -0.968. The molecule has 0 bridgehead atoms. The Morgan fingerprint density at radius 2 is 1.50 bits per heavy atom. The van der Waals surface area contributed by atoms with Gasteiger partial charge in [0.05, 0.1) is 7.11 Å². The van der Waals surface area contributed by atoms with Crippen LogP contribution in [0, 0.1) is 0 Å². The lowest BCUT2D eigenvalue weighted by atomic mass is 10.1. The molecule has 1 amide bonds. The molecular formula is C25H22ClNO5. The fourth-order valence-electron chi connectivity index (χ4n) is 2.98. The van der Waals surface area contributed by atoms with Gasteiger partial charge in [0.1, 0.15) is 11.8 Å². The molecule has 0 aromatic heterocycles. The molecule has 164 valence electrons. The minimum Gasteiger partial charge on any atom is -0.497 e. The van der Waals surface area contributed by atoms with E-state index in [1.54, 1.807) is 48.5 Å². The molecule has 0 unspecified atom stereocenters. The first-order chi connectivity index (χ1) is 15.5. The first-order valence-corrected chi connectivity index (χ1v) is 10.3. The molecule has 0 aliphatic rings. The van der Waals surface area contributed by atoms with E-state index >= 15 is 0 Å². The number of hydrogen-bond donors (Lipinski definition) is 1. The highest BCUT2D eigenvalue weighted by Gasteiger charge is 2.24. The van der Waals surface area contributed by atoms with E-state index in [2.05, 4.69) is 5.32 Å². The zero-order valence-electron chi connectivity index (χ0n) is 17.4. The average molecular weight is 452 g/mol. The number of methoxy groups -OCH3 is 1. The maximum atomic E-state index is 12.8. The number of amides is 1. The number of benzene rings is 3. The number of halogens is 1. The number of carbonyl (C=O) groups is 3. The highest BCUT2D eigenvalue weighted by Crippen LogP contribution is 2.13. The molecule has 0 fully saturated rings. The highest BCUT2D eigenvalue weighted by molar-refractivity contribution is 6.30. The minimum absolute atomic E-state index is 0.218. The molecule has 32 heavy (non-hydrogen) atoms. The van der Waals surface area contributed by atoms with Crippen LogP contribution < -0.4 is 10.1 Å². The Morgan fingerprint density at radius 1 is 0.875 bits per heavy atom. The number of carbonyl (C=O) groups excluding carboxylic acids is 3. The molecule has 3 rings (SSSR count). The van der Waals surface area contributed by atoms with Gasteiger partial charge in [0.2, 0.25) is 0 Å². The van der Waals surface area contributed by atoms with Gasteiger partial charge in [0.25, 0.3) is 5.91 Å². The van der Waals surface area contributed by atoms with Crippen LogP contribution in [-0.2, 0) is 16.0 Å². The molecule has 0 aliphatic heterocycles. The topological polar surface area (TPSA) is 81.7 Å². The fourth-order valence-corrected chi connectivity index (χ4v) is 3.11. The van der Waals surface area contributed by atoms with E-state index in [9.17, 15) is 14.4 Å². The summed E-state index contributed by atoms with van der Waals surface area (Å²) in [7, 11) is 1.53. The first kappa shape index (κ1) is 23.0. The quantitative estimate of drug-likeness (QED) is 0.391. The second kappa shape index (κ2) is 11.1. The van der Waals surface area contributed by atoms with Crippen LogP contribution in [0.2, 0.25) is 5.02 Å². The largest absolute Gasteiger partial charge is 0.497 e. The molecule has 0 heterocycles. The van der Waals surface area contributed by atoms with Gasteiger partial charge in [-0.25, -0.2) is 4.79 Å². The molecule has 0 saturated carbocycles. The summed E-state index contributed by atoms with van der Waals surface area (Å²) in [5, 5.41) is 3.19. The number of rotatable bonds is 9. The van der Waals surface area contributed by atoms with Crippen molar-refractivity contribution in [2.75, 3.05) is 13.7 Å². The van der Waals surface area contributed by atoms with Crippen molar-refractivity contribution in [1.82, 2.24) is 5.32 Å². The highest BCUT2D eigenvalue weighted by atomic mass is 35.5. The van der Waals surface area contributed by atoms with Crippen molar-refractivity contribution < 1.29 is 23.9 Å². The third-order valence-electron chi connectivity index (χ3n) is 4.74. The zero-order chi connectivity index (χ0) is 22.9. The molecule has 7 heteroatoms. The number of esters is 1. The zero-order valence-corrected chi connectivity index (χ0v) is 18.2. The summed E-state index contributed by atoms with van der Waals surface area (Å²) in [4.78, 5) is 37.8. The van der Waals surface area contributed by atoms with Gasteiger partial charge in [0.15, 0.2) is 12.4 Å². The van der Waals surface area contributed by atoms with Gasteiger partial charge >= 0.3 is 5.97 Å². The summed E-state index contributed by atoms with van der Waals surface area (Å²) in [5.74, 6) is -0.881. The first-order valence-electron chi connectivity index (χ1n) is 9.90. The van der Waals surface area contributed by atoms with Crippen molar-refractivity contribution in [3.05, 3.63) is 101 Å². The Kier molecular flexibility index (Phi) is 8.00. The van der Waals surface area contributed by atoms with E-state index in [0.717, 1.165) is 5.56 Å². The van der Waals surface area contributed by atoms with Crippen molar-refractivity contribution in [1.29, 1.82) is 0 Å². The summed E-state index contributed by atoms with van der Waals surface area (Å²) >= 11 is 5.87. The van der Waals surface area contributed by atoms with E-state index in [4.69, 9.17) is 21.1 Å².